The zero-order valence-electron chi connectivity index (χ0n) is 16.2. The third kappa shape index (κ3) is 4.50. The van der Waals surface area contributed by atoms with Crippen LogP contribution in [0.3, 0.4) is 0 Å². The molecule has 2 fully saturated rings. The summed E-state index contributed by atoms with van der Waals surface area (Å²) < 4.78 is 0. The van der Waals surface area contributed by atoms with E-state index in [0.717, 1.165) is 44.0 Å². The van der Waals surface area contributed by atoms with E-state index in [9.17, 15) is 4.79 Å². The molecule has 1 aliphatic heterocycles. The standard InChI is InChI=1S/C23H28ClN3O/c24-20-12-10-19(11-13-20)22(18-6-2-1-3-7-18)26-14-16-27(17-15-26)23(28)25-21-8-4-5-9-21/h1-3,6-7,10-13,21-22H,4-5,8-9,14-17H2,(H,25,28)/t22-/m1/s1. The maximum atomic E-state index is 12.6. The van der Waals surface area contributed by atoms with Crippen molar-refractivity contribution in [2.75, 3.05) is 26.2 Å². The second kappa shape index (κ2) is 8.97. The Morgan fingerprint density at radius 1 is 0.893 bits per heavy atom. The van der Waals surface area contributed by atoms with E-state index in [1.165, 1.54) is 24.0 Å². The second-order valence-corrected chi connectivity index (χ2v) is 8.26. The van der Waals surface area contributed by atoms with Gasteiger partial charge in [-0.15, -0.1) is 0 Å². The Morgan fingerprint density at radius 2 is 1.50 bits per heavy atom. The summed E-state index contributed by atoms with van der Waals surface area (Å²) in [7, 11) is 0. The predicted octanol–water partition coefficient (Wildman–Crippen LogP) is 4.70. The fourth-order valence-electron chi connectivity index (χ4n) is 4.41. The van der Waals surface area contributed by atoms with Crippen molar-refractivity contribution < 1.29 is 4.79 Å². The second-order valence-electron chi connectivity index (χ2n) is 7.82. The van der Waals surface area contributed by atoms with Gasteiger partial charge in [-0.2, -0.15) is 0 Å². The van der Waals surface area contributed by atoms with Crippen molar-refractivity contribution in [3.05, 3.63) is 70.7 Å². The number of urea groups is 1. The van der Waals surface area contributed by atoms with Crippen LogP contribution in [0, 0.1) is 0 Å². The van der Waals surface area contributed by atoms with Crippen molar-refractivity contribution in [2.24, 2.45) is 0 Å². The maximum absolute atomic E-state index is 12.6. The first-order valence-corrected chi connectivity index (χ1v) is 10.7. The van der Waals surface area contributed by atoms with Crippen LogP contribution in [-0.2, 0) is 0 Å². The van der Waals surface area contributed by atoms with Crippen molar-refractivity contribution >= 4 is 17.6 Å². The largest absolute Gasteiger partial charge is 0.335 e. The Kier molecular flexibility index (Phi) is 6.18. The number of nitrogens with zero attached hydrogens (tertiary/aromatic N) is 2. The molecule has 1 saturated heterocycles. The number of rotatable bonds is 4. The molecule has 148 valence electrons. The molecule has 2 aromatic carbocycles. The van der Waals surface area contributed by atoms with Crippen molar-refractivity contribution in [1.29, 1.82) is 0 Å². The Balaban J connectivity index is 1.45. The number of benzene rings is 2. The zero-order chi connectivity index (χ0) is 19.3. The van der Waals surface area contributed by atoms with E-state index >= 15 is 0 Å². The highest BCUT2D eigenvalue weighted by Gasteiger charge is 2.29. The number of carbonyl (C=O) groups is 1. The number of carbonyl (C=O) groups excluding carboxylic acids is 1. The van der Waals surface area contributed by atoms with Crippen LogP contribution in [0.25, 0.3) is 0 Å². The fraction of sp³-hybridized carbons (Fsp3) is 0.435. The highest BCUT2D eigenvalue weighted by molar-refractivity contribution is 6.30. The number of piperazine rings is 1. The van der Waals surface area contributed by atoms with Gasteiger partial charge in [-0.1, -0.05) is 66.9 Å². The van der Waals surface area contributed by atoms with Gasteiger partial charge in [-0.3, -0.25) is 4.90 Å². The smallest absolute Gasteiger partial charge is 0.317 e. The molecule has 2 amide bonds. The highest BCUT2D eigenvalue weighted by Crippen LogP contribution is 2.30. The van der Waals surface area contributed by atoms with Crippen molar-refractivity contribution in [2.45, 2.75) is 37.8 Å². The molecule has 5 heteroatoms. The number of hydrogen-bond donors (Lipinski definition) is 1. The summed E-state index contributed by atoms with van der Waals surface area (Å²) in [6, 6.07) is 19.4. The first-order valence-electron chi connectivity index (χ1n) is 10.3. The number of amides is 2. The van der Waals surface area contributed by atoms with Gasteiger partial charge in [0, 0.05) is 37.2 Å². The first-order chi connectivity index (χ1) is 13.7. The molecule has 0 unspecified atom stereocenters. The van der Waals surface area contributed by atoms with Gasteiger partial charge in [0.05, 0.1) is 6.04 Å². The van der Waals surface area contributed by atoms with Gasteiger partial charge in [0.1, 0.15) is 0 Å². The van der Waals surface area contributed by atoms with E-state index in [-0.39, 0.29) is 12.1 Å². The van der Waals surface area contributed by atoms with Crippen LogP contribution in [0.2, 0.25) is 5.02 Å². The lowest BCUT2D eigenvalue weighted by molar-refractivity contribution is 0.119. The Hall–Kier alpha value is -2.04. The molecule has 2 aliphatic rings. The fourth-order valence-corrected chi connectivity index (χ4v) is 4.54. The molecule has 1 atom stereocenters. The molecular formula is C23H28ClN3O. The minimum absolute atomic E-state index is 0.106. The minimum atomic E-state index is 0.106. The molecule has 0 aromatic heterocycles. The summed E-state index contributed by atoms with van der Waals surface area (Å²) in [6.45, 7) is 3.24. The summed E-state index contributed by atoms with van der Waals surface area (Å²) in [5.41, 5.74) is 2.51. The van der Waals surface area contributed by atoms with Gasteiger partial charge < -0.3 is 10.2 Å². The molecule has 1 N–H and O–H groups in total. The molecule has 28 heavy (non-hydrogen) atoms. The topological polar surface area (TPSA) is 35.6 Å². The quantitative estimate of drug-likeness (QED) is 0.811. The molecule has 2 aromatic rings. The lowest BCUT2D eigenvalue weighted by Crippen LogP contribution is -2.53. The van der Waals surface area contributed by atoms with Crippen molar-refractivity contribution in [1.82, 2.24) is 15.1 Å². The van der Waals surface area contributed by atoms with Crippen LogP contribution >= 0.6 is 11.6 Å². The van der Waals surface area contributed by atoms with Crippen LogP contribution in [0.5, 0.6) is 0 Å². The first kappa shape index (κ1) is 19.3. The normalized spacial score (nSPS) is 19.5. The lowest BCUT2D eigenvalue weighted by atomic mass is 9.96. The molecule has 4 nitrogen and oxygen atoms in total. The van der Waals surface area contributed by atoms with Crippen LogP contribution in [0.15, 0.2) is 54.6 Å². The summed E-state index contributed by atoms with van der Waals surface area (Å²) in [4.78, 5) is 17.0. The summed E-state index contributed by atoms with van der Waals surface area (Å²) in [5.74, 6) is 0. The highest BCUT2D eigenvalue weighted by atomic mass is 35.5. The van der Waals surface area contributed by atoms with Crippen molar-refractivity contribution in [3.8, 4) is 0 Å². The SMILES string of the molecule is O=C(NC1CCCC1)N1CCN([C@H](c2ccccc2)c2ccc(Cl)cc2)CC1. The summed E-state index contributed by atoms with van der Waals surface area (Å²) in [5, 5.41) is 3.97. The molecule has 0 radical (unpaired) electrons. The van der Waals surface area contributed by atoms with Gasteiger partial charge in [0.25, 0.3) is 0 Å². The molecule has 1 heterocycles. The van der Waals surface area contributed by atoms with E-state index in [0.29, 0.717) is 6.04 Å². The monoisotopic (exact) mass is 397 g/mol. The molecule has 0 bridgehead atoms. The number of nitrogens with one attached hydrogen (secondary N) is 1. The van der Waals surface area contributed by atoms with Gasteiger partial charge in [0.15, 0.2) is 0 Å². The van der Waals surface area contributed by atoms with Gasteiger partial charge in [-0.05, 0) is 36.1 Å². The molecule has 1 aliphatic carbocycles. The van der Waals surface area contributed by atoms with Crippen LogP contribution < -0.4 is 5.32 Å². The van der Waals surface area contributed by atoms with Crippen LogP contribution in [0.1, 0.15) is 42.9 Å². The van der Waals surface area contributed by atoms with Gasteiger partial charge >= 0.3 is 6.03 Å². The van der Waals surface area contributed by atoms with Crippen LogP contribution in [0.4, 0.5) is 4.79 Å². The van der Waals surface area contributed by atoms with E-state index < -0.39 is 0 Å². The van der Waals surface area contributed by atoms with E-state index in [1.807, 2.05) is 23.1 Å². The average Bonchev–Trinajstić information content (AvgIpc) is 3.24. The van der Waals surface area contributed by atoms with Gasteiger partial charge in [0.2, 0.25) is 0 Å². The minimum Gasteiger partial charge on any atom is -0.335 e. The third-order valence-electron chi connectivity index (χ3n) is 5.95. The van der Waals surface area contributed by atoms with E-state index in [2.05, 4.69) is 46.6 Å². The van der Waals surface area contributed by atoms with Crippen molar-refractivity contribution in [3.63, 3.8) is 0 Å². The lowest BCUT2D eigenvalue weighted by Gasteiger charge is -2.40. The molecule has 4 rings (SSSR count). The number of hydrogen-bond acceptors (Lipinski definition) is 2. The maximum Gasteiger partial charge on any atom is 0.317 e. The van der Waals surface area contributed by atoms with Crippen LogP contribution in [-0.4, -0.2) is 48.1 Å². The average molecular weight is 398 g/mol. The molecule has 0 spiro atoms. The Morgan fingerprint density at radius 3 is 2.14 bits per heavy atom. The Labute approximate surface area is 172 Å². The zero-order valence-corrected chi connectivity index (χ0v) is 16.9. The molecule has 1 saturated carbocycles. The van der Waals surface area contributed by atoms with Gasteiger partial charge in [-0.25, -0.2) is 4.79 Å². The number of halogens is 1. The third-order valence-corrected chi connectivity index (χ3v) is 6.20. The van der Waals surface area contributed by atoms with E-state index in [4.69, 9.17) is 11.6 Å². The summed E-state index contributed by atoms with van der Waals surface area (Å²) >= 11 is 6.11. The van der Waals surface area contributed by atoms with E-state index in [1.54, 1.807) is 0 Å². The molecular weight excluding hydrogens is 370 g/mol. The predicted molar refractivity (Wildman–Crippen MR) is 114 cm³/mol. The summed E-state index contributed by atoms with van der Waals surface area (Å²) in [6.07, 6.45) is 4.72. The Bertz CT molecular complexity index is 766.